The fourth-order valence-corrected chi connectivity index (χ4v) is 4.77. The first-order valence-electron chi connectivity index (χ1n) is 10.3. The number of ether oxygens (including phenoxy) is 2. The molecule has 0 bridgehead atoms. The van der Waals surface area contributed by atoms with Gasteiger partial charge in [0.05, 0.1) is 35.7 Å². The summed E-state index contributed by atoms with van der Waals surface area (Å²) in [5.74, 6) is 1.69. The molecule has 3 aliphatic rings. The lowest BCUT2D eigenvalue weighted by molar-refractivity contribution is 0.279. The molecule has 0 atom stereocenters. The van der Waals surface area contributed by atoms with Crippen molar-refractivity contribution in [3.05, 3.63) is 81.4 Å². The second kappa shape index (κ2) is 7.59. The molecule has 2 aromatic heterocycles. The molecular weight excluding hydrogens is 472 g/mol. The quantitative estimate of drug-likeness (QED) is 0.554. The number of aromatic nitrogens is 4. The van der Waals surface area contributed by atoms with E-state index in [0.717, 1.165) is 56.9 Å². The summed E-state index contributed by atoms with van der Waals surface area (Å²) in [6, 6.07) is 9.88. The van der Waals surface area contributed by atoms with Gasteiger partial charge in [0.25, 0.3) is 0 Å². The third-order valence-corrected chi connectivity index (χ3v) is 6.52. The molecule has 5 heterocycles. The van der Waals surface area contributed by atoms with Crippen molar-refractivity contribution < 1.29 is 9.47 Å². The van der Waals surface area contributed by atoms with Gasteiger partial charge in [-0.3, -0.25) is 0 Å². The molecule has 0 fully saturated rings. The molecule has 1 aromatic carbocycles. The van der Waals surface area contributed by atoms with Gasteiger partial charge in [-0.25, -0.2) is 14.7 Å². The highest BCUT2D eigenvalue weighted by Gasteiger charge is 2.35. The molecule has 0 spiro atoms. The van der Waals surface area contributed by atoms with Crippen molar-refractivity contribution in [3.63, 3.8) is 0 Å². The van der Waals surface area contributed by atoms with Crippen LogP contribution in [0.3, 0.4) is 0 Å². The standard InChI is InChI=1S/C23H19BrN6O2/c1-31-16-4-2-14(3-5-16)11-30-23-20(27-28-30)17(6-8-25-23)22-26-10-18-19(24)13-32-12-15-7-9-29(22)21(15)18/h2-6,8,10,13H,7,9,11-12H2,1H3. The van der Waals surface area contributed by atoms with Crippen LogP contribution in [0.4, 0.5) is 0 Å². The van der Waals surface area contributed by atoms with E-state index >= 15 is 0 Å². The number of benzene rings is 1. The minimum Gasteiger partial charge on any atom is -0.497 e. The average Bonchev–Trinajstić information content (AvgIpc) is 3.39. The van der Waals surface area contributed by atoms with Crippen LogP contribution in [0.1, 0.15) is 17.5 Å². The Labute approximate surface area is 192 Å². The molecule has 0 amide bonds. The first-order valence-corrected chi connectivity index (χ1v) is 11.1. The molecule has 3 aromatic rings. The molecule has 0 unspecified atom stereocenters. The Bertz CT molecular complexity index is 1350. The summed E-state index contributed by atoms with van der Waals surface area (Å²) in [5.41, 5.74) is 6.99. The zero-order chi connectivity index (χ0) is 21.7. The van der Waals surface area contributed by atoms with E-state index in [4.69, 9.17) is 14.5 Å². The molecule has 0 N–H and O–H groups in total. The Morgan fingerprint density at radius 3 is 2.91 bits per heavy atom. The van der Waals surface area contributed by atoms with Crippen molar-refractivity contribution in [2.75, 3.05) is 20.3 Å². The summed E-state index contributed by atoms with van der Waals surface area (Å²) in [6.45, 7) is 2.02. The number of hydrogen-bond acceptors (Lipinski definition) is 7. The van der Waals surface area contributed by atoms with Crippen LogP contribution in [0.2, 0.25) is 0 Å². The lowest BCUT2D eigenvalue weighted by Crippen LogP contribution is -2.32. The molecule has 32 heavy (non-hydrogen) atoms. The molecule has 6 rings (SSSR count). The van der Waals surface area contributed by atoms with Crippen LogP contribution in [-0.2, 0) is 11.3 Å². The van der Waals surface area contributed by atoms with Crippen LogP contribution in [-0.4, -0.2) is 51.0 Å². The van der Waals surface area contributed by atoms with Gasteiger partial charge in [0.1, 0.15) is 23.7 Å². The summed E-state index contributed by atoms with van der Waals surface area (Å²) in [5, 5.41) is 8.87. The molecule has 9 heteroatoms. The van der Waals surface area contributed by atoms with Crippen LogP contribution in [0, 0.1) is 0 Å². The average molecular weight is 491 g/mol. The Balaban J connectivity index is 1.40. The van der Waals surface area contributed by atoms with Crippen molar-refractivity contribution >= 4 is 32.9 Å². The molecule has 160 valence electrons. The molecule has 0 aliphatic carbocycles. The van der Waals surface area contributed by atoms with E-state index in [1.165, 1.54) is 11.3 Å². The summed E-state index contributed by atoms with van der Waals surface area (Å²) in [4.78, 5) is 11.6. The summed E-state index contributed by atoms with van der Waals surface area (Å²) < 4.78 is 13.7. The van der Waals surface area contributed by atoms with Gasteiger partial charge < -0.3 is 14.4 Å². The van der Waals surface area contributed by atoms with E-state index in [-0.39, 0.29) is 0 Å². The topological polar surface area (TPSA) is 77.7 Å². The minimum atomic E-state index is 0.571. The van der Waals surface area contributed by atoms with Gasteiger partial charge in [0.15, 0.2) is 5.65 Å². The first-order chi connectivity index (χ1) is 15.7. The normalized spacial score (nSPS) is 17.4. The number of fused-ring (bicyclic) bond motifs is 1. The Morgan fingerprint density at radius 1 is 1.19 bits per heavy atom. The number of allylic oxidation sites excluding steroid dienone is 1. The SMILES string of the molecule is COc1ccc(Cn2nnc3c(C4=NC=C5C(Br)=COCC6=C5N4CC6)ccnc32)cc1. The van der Waals surface area contributed by atoms with E-state index in [2.05, 4.69) is 36.1 Å². The zero-order valence-corrected chi connectivity index (χ0v) is 18.9. The first kappa shape index (κ1) is 19.2. The largest absolute Gasteiger partial charge is 0.497 e. The second-order valence-electron chi connectivity index (χ2n) is 7.75. The highest BCUT2D eigenvalue weighted by Crippen LogP contribution is 2.40. The molecule has 3 aliphatic heterocycles. The monoisotopic (exact) mass is 490 g/mol. The zero-order valence-electron chi connectivity index (χ0n) is 17.3. The third kappa shape index (κ3) is 3.03. The Morgan fingerprint density at radius 2 is 2.06 bits per heavy atom. The lowest BCUT2D eigenvalue weighted by Gasteiger charge is -2.28. The van der Waals surface area contributed by atoms with Gasteiger partial charge in [-0.15, -0.1) is 5.10 Å². The fourth-order valence-electron chi connectivity index (χ4n) is 4.34. The summed E-state index contributed by atoms with van der Waals surface area (Å²) in [7, 11) is 1.66. The van der Waals surface area contributed by atoms with Gasteiger partial charge in [-0.2, -0.15) is 0 Å². The molecule has 8 nitrogen and oxygen atoms in total. The third-order valence-electron chi connectivity index (χ3n) is 5.90. The maximum Gasteiger partial charge on any atom is 0.179 e. The van der Waals surface area contributed by atoms with E-state index in [1.807, 2.05) is 41.2 Å². The van der Waals surface area contributed by atoms with E-state index in [9.17, 15) is 0 Å². The van der Waals surface area contributed by atoms with Gasteiger partial charge in [0, 0.05) is 24.5 Å². The minimum absolute atomic E-state index is 0.571. The van der Waals surface area contributed by atoms with Crippen molar-refractivity contribution in [1.29, 1.82) is 0 Å². The maximum absolute atomic E-state index is 5.69. The van der Waals surface area contributed by atoms with Crippen molar-refractivity contribution in [2.45, 2.75) is 13.0 Å². The Hall–Kier alpha value is -3.46. The van der Waals surface area contributed by atoms with E-state index in [1.54, 1.807) is 19.6 Å². The van der Waals surface area contributed by atoms with Crippen molar-refractivity contribution in [1.82, 2.24) is 24.9 Å². The van der Waals surface area contributed by atoms with Gasteiger partial charge in [-0.05, 0) is 51.7 Å². The number of amidine groups is 1. The second-order valence-corrected chi connectivity index (χ2v) is 8.61. The number of methoxy groups -OCH3 is 1. The molecule has 0 saturated carbocycles. The number of pyridine rings is 1. The van der Waals surface area contributed by atoms with Crippen LogP contribution in [0.5, 0.6) is 5.75 Å². The van der Waals surface area contributed by atoms with E-state index < -0.39 is 0 Å². The van der Waals surface area contributed by atoms with Crippen molar-refractivity contribution in [3.8, 4) is 5.75 Å². The number of aliphatic imine (C=N–C) groups is 1. The molecule has 0 saturated heterocycles. The van der Waals surface area contributed by atoms with Gasteiger partial charge in [-0.1, -0.05) is 17.3 Å². The van der Waals surface area contributed by atoms with Crippen LogP contribution in [0.15, 0.2) is 75.3 Å². The molecular formula is C23H19BrN6O2. The molecule has 0 radical (unpaired) electrons. The smallest absolute Gasteiger partial charge is 0.179 e. The van der Waals surface area contributed by atoms with Crippen molar-refractivity contribution in [2.24, 2.45) is 4.99 Å². The predicted molar refractivity (Wildman–Crippen MR) is 123 cm³/mol. The van der Waals surface area contributed by atoms with Gasteiger partial charge in [0.2, 0.25) is 0 Å². The highest BCUT2D eigenvalue weighted by molar-refractivity contribution is 9.12. The van der Waals surface area contributed by atoms with Gasteiger partial charge >= 0.3 is 0 Å². The summed E-state index contributed by atoms with van der Waals surface area (Å²) in [6.07, 6.45) is 6.39. The number of halogens is 1. The Kier molecular flexibility index (Phi) is 4.57. The number of hydrogen-bond donors (Lipinski definition) is 0. The fraction of sp³-hybridized carbons (Fsp3) is 0.217. The summed E-state index contributed by atoms with van der Waals surface area (Å²) >= 11 is 3.62. The number of rotatable bonds is 4. The lowest BCUT2D eigenvalue weighted by atomic mass is 10.1. The predicted octanol–water partition coefficient (Wildman–Crippen LogP) is 3.75. The van der Waals surface area contributed by atoms with E-state index in [0.29, 0.717) is 13.2 Å². The van der Waals surface area contributed by atoms with Crippen LogP contribution in [0.25, 0.3) is 11.2 Å². The van der Waals surface area contributed by atoms with Crippen LogP contribution < -0.4 is 4.74 Å². The number of nitrogens with zero attached hydrogens (tertiary/aromatic N) is 6. The highest BCUT2D eigenvalue weighted by atomic mass is 79.9. The van der Waals surface area contributed by atoms with Crippen LogP contribution >= 0.6 is 15.9 Å². The maximum atomic E-state index is 5.69.